The van der Waals surface area contributed by atoms with E-state index in [4.69, 9.17) is 21.1 Å². The fourth-order valence-corrected chi connectivity index (χ4v) is 3.45. The summed E-state index contributed by atoms with van der Waals surface area (Å²) in [5.41, 5.74) is 0.466. The molecule has 1 unspecified atom stereocenters. The molecule has 3 rings (SSSR count). The molecule has 136 valence electrons. The van der Waals surface area contributed by atoms with Crippen LogP contribution in [-0.2, 0) is 9.59 Å². The van der Waals surface area contributed by atoms with Gasteiger partial charge in [0.25, 0.3) is 0 Å². The van der Waals surface area contributed by atoms with Crippen LogP contribution >= 0.6 is 11.6 Å². The quantitative estimate of drug-likeness (QED) is 0.889. The number of hydrogen-bond acceptors (Lipinski definition) is 4. The highest BCUT2D eigenvalue weighted by atomic mass is 35.5. The number of benzene rings is 1. The third kappa shape index (κ3) is 3.84. The van der Waals surface area contributed by atoms with Crippen LogP contribution in [0.25, 0.3) is 0 Å². The summed E-state index contributed by atoms with van der Waals surface area (Å²) < 4.78 is 11.2. The van der Waals surface area contributed by atoms with E-state index >= 15 is 0 Å². The summed E-state index contributed by atoms with van der Waals surface area (Å²) >= 11 is 6.30. The molecule has 7 heteroatoms. The Balaban J connectivity index is 1.81. The number of carbonyl (C=O) groups is 2. The predicted octanol–water partition coefficient (Wildman–Crippen LogP) is 3.09. The van der Waals surface area contributed by atoms with Crippen LogP contribution in [0.3, 0.4) is 0 Å². The van der Waals surface area contributed by atoms with Gasteiger partial charge in [0.05, 0.1) is 23.9 Å². The number of nitrogens with one attached hydrogen (secondary N) is 1. The molecule has 1 N–H and O–H groups in total. The van der Waals surface area contributed by atoms with Crippen molar-refractivity contribution in [2.45, 2.75) is 39.2 Å². The Morgan fingerprint density at radius 1 is 1.20 bits per heavy atom. The van der Waals surface area contributed by atoms with Crippen molar-refractivity contribution in [3.8, 4) is 11.5 Å². The van der Waals surface area contributed by atoms with Crippen molar-refractivity contribution >= 4 is 29.1 Å². The molecule has 0 spiro atoms. The lowest BCUT2D eigenvalue weighted by molar-refractivity contribution is -0.136. The molecule has 2 aliphatic heterocycles. The van der Waals surface area contributed by atoms with E-state index in [1.54, 1.807) is 17.0 Å². The van der Waals surface area contributed by atoms with Gasteiger partial charge in [-0.15, -0.1) is 0 Å². The Labute approximate surface area is 152 Å². The summed E-state index contributed by atoms with van der Waals surface area (Å²) in [5.74, 6) is 0.938. The van der Waals surface area contributed by atoms with Gasteiger partial charge < -0.3 is 19.7 Å². The van der Waals surface area contributed by atoms with Crippen LogP contribution in [0.4, 0.5) is 5.69 Å². The molecule has 0 aliphatic carbocycles. The monoisotopic (exact) mass is 366 g/mol. The van der Waals surface area contributed by atoms with Gasteiger partial charge in [-0.3, -0.25) is 9.59 Å². The average molecular weight is 367 g/mol. The molecule has 1 aromatic carbocycles. The minimum absolute atomic E-state index is 0.00114. The van der Waals surface area contributed by atoms with Gasteiger partial charge in [-0.05, 0) is 12.3 Å². The molecule has 1 saturated heterocycles. The molecule has 1 atom stereocenters. The Bertz CT molecular complexity index is 677. The van der Waals surface area contributed by atoms with Crippen LogP contribution in [0.5, 0.6) is 11.5 Å². The zero-order chi connectivity index (χ0) is 18.0. The summed E-state index contributed by atoms with van der Waals surface area (Å²) in [4.78, 5) is 26.6. The minimum atomic E-state index is -0.512. The normalized spacial score (nSPS) is 18.2. The maximum atomic E-state index is 12.8. The minimum Gasteiger partial charge on any atom is -0.490 e. The molecule has 1 fully saturated rings. The number of hydrogen-bond donors (Lipinski definition) is 1. The molecule has 25 heavy (non-hydrogen) atoms. The first-order chi connectivity index (χ1) is 12.0. The molecule has 1 aromatic rings. The highest BCUT2D eigenvalue weighted by Crippen LogP contribution is 2.38. The Morgan fingerprint density at radius 2 is 1.88 bits per heavy atom. The summed E-state index contributed by atoms with van der Waals surface area (Å²) in [7, 11) is 0. The van der Waals surface area contributed by atoms with Crippen molar-refractivity contribution in [2.75, 3.05) is 25.1 Å². The molecule has 0 aromatic heterocycles. The zero-order valence-corrected chi connectivity index (χ0v) is 15.3. The molecule has 2 aliphatic rings. The van der Waals surface area contributed by atoms with E-state index in [2.05, 4.69) is 5.32 Å². The first-order valence-corrected chi connectivity index (χ1v) is 9.04. The molecular formula is C18H23ClN2O4. The third-order valence-electron chi connectivity index (χ3n) is 4.44. The molecule has 6 nitrogen and oxygen atoms in total. The molecule has 2 amide bonds. The first kappa shape index (κ1) is 17.9. The summed E-state index contributed by atoms with van der Waals surface area (Å²) in [6, 6.07) is 2.83. The fraction of sp³-hybridized carbons (Fsp3) is 0.556. The number of likely N-dealkylation sites (tertiary alicyclic amines) is 1. The number of halogens is 1. The van der Waals surface area contributed by atoms with Crippen molar-refractivity contribution in [2.24, 2.45) is 5.92 Å². The maximum absolute atomic E-state index is 12.8. The number of anilines is 1. The second-order valence-electron chi connectivity index (χ2n) is 6.70. The number of nitrogens with zero attached hydrogens (tertiary/aromatic N) is 1. The predicted molar refractivity (Wildman–Crippen MR) is 95.3 cm³/mol. The van der Waals surface area contributed by atoms with E-state index in [0.717, 1.165) is 12.8 Å². The van der Waals surface area contributed by atoms with Gasteiger partial charge in [0.2, 0.25) is 11.8 Å². The lowest BCUT2D eigenvalue weighted by atomic mass is 10.0. The van der Waals surface area contributed by atoms with Gasteiger partial charge >= 0.3 is 0 Å². The summed E-state index contributed by atoms with van der Waals surface area (Å²) in [6.45, 7) is 5.61. The highest BCUT2D eigenvalue weighted by molar-refractivity contribution is 6.34. The maximum Gasteiger partial charge on any atom is 0.247 e. The standard InChI is InChI=1S/C18H23ClN2O4/c1-11(2)17(21-6-3-5-16(21)22)18(23)20-13-10-15-14(9-12(13)19)24-7-4-8-25-15/h9-11,17H,3-8H2,1-2H3,(H,20,23). The largest absolute Gasteiger partial charge is 0.490 e. The number of rotatable bonds is 4. The second kappa shape index (κ2) is 7.52. The lowest BCUT2D eigenvalue weighted by Gasteiger charge is -2.30. The van der Waals surface area contributed by atoms with Crippen LogP contribution in [0.15, 0.2) is 12.1 Å². The van der Waals surface area contributed by atoms with E-state index in [-0.39, 0.29) is 17.7 Å². The Kier molecular flexibility index (Phi) is 5.37. The number of carbonyl (C=O) groups excluding carboxylic acids is 2. The van der Waals surface area contributed by atoms with Crippen molar-refractivity contribution in [3.05, 3.63) is 17.2 Å². The SMILES string of the molecule is CC(C)C(C(=O)Nc1cc2c(cc1Cl)OCCCO2)N1CCCC1=O. The molecule has 0 bridgehead atoms. The van der Waals surface area contributed by atoms with E-state index in [1.165, 1.54) is 0 Å². The Morgan fingerprint density at radius 3 is 2.48 bits per heavy atom. The zero-order valence-electron chi connectivity index (χ0n) is 14.5. The second-order valence-corrected chi connectivity index (χ2v) is 7.11. The third-order valence-corrected chi connectivity index (χ3v) is 4.75. The molecular weight excluding hydrogens is 344 g/mol. The number of ether oxygens (including phenoxy) is 2. The van der Waals surface area contributed by atoms with Gasteiger partial charge in [-0.2, -0.15) is 0 Å². The van der Waals surface area contributed by atoms with Gasteiger partial charge in [0, 0.05) is 31.5 Å². The molecule has 0 saturated carbocycles. The average Bonchev–Trinajstić information content (AvgIpc) is 2.82. The molecule has 0 radical (unpaired) electrons. The smallest absolute Gasteiger partial charge is 0.247 e. The van der Waals surface area contributed by atoms with E-state index in [1.807, 2.05) is 13.8 Å². The number of fused-ring (bicyclic) bond motifs is 1. The van der Waals surface area contributed by atoms with Crippen LogP contribution < -0.4 is 14.8 Å². The van der Waals surface area contributed by atoms with Gasteiger partial charge in [-0.1, -0.05) is 25.4 Å². The summed E-state index contributed by atoms with van der Waals surface area (Å²) in [6.07, 6.45) is 2.09. The first-order valence-electron chi connectivity index (χ1n) is 8.67. The van der Waals surface area contributed by atoms with Crippen molar-refractivity contribution in [3.63, 3.8) is 0 Å². The lowest BCUT2D eigenvalue weighted by Crippen LogP contribution is -2.48. The van der Waals surface area contributed by atoms with Gasteiger partial charge in [-0.25, -0.2) is 0 Å². The summed E-state index contributed by atoms with van der Waals surface area (Å²) in [5, 5.41) is 3.24. The van der Waals surface area contributed by atoms with E-state index < -0.39 is 6.04 Å². The van der Waals surface area contributed by atoms with Crippen molar-refractivity contribution in [1.82, 2.24) is 4.90 Å². The van der Waals surface area contributed by atoms with Gasteiger partial charge in [0.15, 0.2) is 11.5 Å². The van der Waals surface area contributed by atoms with Crippen molar-refractivity contribution < 1.29 is 19.1 Å². The van der Waals surface area contributed by atoms with Crippen molar-refractivity contribution in [1.29, 1.82) is 0 Å². The highest BCUT2D eigenvalue weighted by Gasteiger charge is 2.35. The van der Waals surface area contributed by atoms with Gasteiger partial charge in [0.1, 0.15) is 6.04 Å². The van der Waals surface area contributed by atoms with Crippen LogP contribution in [0, 0.1) is 5.92 Å². The Hall–Kier alpha value is -1.95. The topological polar surface area (TPSA) is 67.9 Å². The van der Waals surface area contributed by atoms with Crippen LogP contribution in [0.2, 0.25) is 5.02 Å². The van der Waals surface area contributed by atoms with Crippen LogP contribution in [0.1, 0.15) is 33.1 Å². The van der Waals surface area contributed by atoms with Crippen LogP contribution in [-0.4, -0.2) is 42.5 Å². The molecule has 2 heterocycles. The number of amides is 2. The van der Waals surface area contributed by atoms with E-state index in [9.17, 15) is 9.59 Å². The van der Waals surface area contributed by atoms with E-state index in [0.29, 0.717) is 48.4 Å². The fourth-order valence-electron chi connectivity index (χ4n) is 3.25.